The standard InChI is InChI=1S/C28H26N8O/c1-17-15-36(16-31-17)24-9-10-30-27-26(24)32-28(33-27)25-22-12-18(7-8-23(22)34-35-25)19-11-21(14-29-13-19)37-20-5-3-2-4-6-20/h7-16,20H,2-6H2,1H3,(H,34,35)(H,30,32,33). The molecule has 1 aliphatic rings. The first kappa shape index (κ1) is 21.7. The summed E-state index contributed by atoms with van der Waals surface area (Å²) < 4.78 is 8.21. The average Bonchev–Trinajstić information content (AvgIpc) is 3.66. The molecule has 1 saturated carbocycles. The number of nitrogens with zero attached hydrogens (tertiary/aromatic N) is 6. The van der Waals surface area contributed by atoms with Gasteiger partial charge in [0.2, 0.25) is 0 Å². The molecule has 1 fully saturated rings. The number of imidazole rings is 2. The predicted molar refractivity (Wildman–Crippen MR) is 142 cm³/mol. The monoisotopic (exact) mass is 490 g/mol. The summed E-state index contributed by atoms with van der Waals surface area (Å²) in [6, 6.07) is 10.2. The van der Waals surface area contributed by atoms with E-state index in [-0.39, 0.29) is 6.10 Å². The number of pyridine rings is 2. The van der Waals surface area contributed by atoms with Crippen molar-refractivity contribution < 1.29 is 4.74 Å². The van der Waals surface area contributed by atoms with Crippen molar-refractivity contribution in [2.24, 2.45) is 0 Å². The molecule has 9 heteroatoms. The number of H-pyrrole nitrogens is 2. The van der Waals surface area contributed by atoms with Gasteiger partial charge in [0.25, 0.3) is 0 Å². The van der Waals surface area contributed by atoms with Gasteiger partial charge < -0.3 is 14.3 Å². The van der Waals surface area contributed by atoms with E-state index in [1.165, 1.54) is 19.3 Å². The molecule has 5 aromatic heterocycles. The second-order valence-electron chi connectivity index (χ2n) is 9.65. The first-order valence-corrected chi connectivity index (χ1v) is 12.7. The van der Waals surface area contributed by atoms with Gasteiger partial charge >= 0.3 is 0 Å². The predicted octanol–water partition coefficient (Wildman–Crippen LogP) is 5.77. The molecule has 5 heterocycles. The highest BCUT2D eigenvalue weighted by Gasteiger charge is 2.18. The van der Waals surface area contributed by atoms with Crippen LogP contribution in [0, 0.1) is 6.92 Å². The van der Waals surface area contributed by atoms with E-state index in [0.29, 0.717) is 11.5 Å². The smallest absolute Gasteiger partial charge is 0.161 e. The number of rotatable bonds is 5. The Morgan fingerprint density at radius 1 is 1.00 bits per heavy atom. The number of aromatic amines is 2. The lowest BCUT2D eigenvalue weighted by Gasteiger charge is -2.23. The molecular formula is C28H26N8O. The number of aryl methyl sites for hydroxylation is 1. The highest BCUT2D eigenvalue weighted by molar-refractivity contribution is 5.96. The minimum Gasteiger partial charge on any atom is -0.489 e. The fourth-order valence-corrected chi connectivity index (χ4v) is 5.16. The first-order valence-electron chi connectivity index (χ1n) is 12.7. The van der Waals surface area contributed by atoms with Crippen LogP contribution in [0.3, 0.4) is 0 Å². The number of aromatic nitrogens is 8. The van der Waals surface area contributed by atoms with E-state index in [9.17, 15) is 0 Å². The van der Waals surface area contributed by atoms with Crippen molar-refractivity contribution >= 4 is 22.1 Å². The van der Waals surface area contributed by atoms with Gasteiger partial charge in [-0.15, -0.1) is 0 Å². The molecule has 9 nitrogen and oxygen atoms in total. The fourth-order valence-electron chi connectivity index (χ4n) is 5.16. The molecule has 0 spiro atoms. The topological polar surface area (TPSA) is 110 Å². The summed E-state index contributed by atoms with van der Waals surface area (Å²) in [5, 5.41) is 8.70. The van der Waals surface area contributed by atoms with Crippen LogP contribution in [0.25, 0.3) is 50.4 Å². The molecule has 0 radical (unpaired) electrons. The highest BCUT2D eigenvalue weighted by atomic mass is 16.5. The van der Waals surface area contributed by atoms with Gasteiger partial charge in [-0.05, 0) is 62.4 Å². The lowest BCUT2D eigenvalue weighted by Crippen LogP contribution is -2.19. The van der Waals surface area contributed by atoms with Crippen LogP contribution in [-0.4, -0.2) is 45.8 Å². The van der Waals surface area contributed by atoms with Crippen LogP contribution in [-0.2, 0) is 0 Å². The summed E-state index contributed by atoms with van der Waals surface area (Å²) in [7, 11) is 0. The van der Waals surface area contributed by atoms with Gasteiger partial charge in [0.15, 0.2) is 11.5 Å². The Balaban J connectivity index is 1.26. The minimum atomic E-state index is 0.284. The molecule has 0 bridgehead atoms. The summed E-state index contributed by atoms with van der Waals surface area (Å²) in [6.45, 7) is 1.96. The van der Waals surface area contributed by atoms with Crippen molar-refractivity contribution in [2.75, 3.05) is 0 Å². The zero-order valence-electron chi connectivity index (χ0n) is 20.5. The molecule has 37 heavy (non-hydrogen) atoms. The summed E-state index contributed by atoms with van der Waals surface area (Å²) in [5.41, 5.74) is 7.03. The van der Waals surface area contributed by atoms with Gasteiger partial charge in [0.05, 0.1) is 35.5 Å². The molecule has 1 aromatic carbocycles. The Bertz CT molecular complexity index is 1720. The van der Waals surface area contributed by atoms with Crippen LogP contribution in [0.15, 0.2) is 61.4 Å². The molecule has 0 unspecified atom stereocenters. The maximum Gasteiger partial charge on any atom is 0.161 e. The number of nitrogens with one attached hydrogen (secondary N) is 2. The number of benzene rings is 1. The zero-order chi connectivity index (χ0) is 24.8. The quantitative estimate of drug-likeness (QED) is 0.317. The van der Waals surface area contributed by atoms with Crippen LogP contribution in [0.1, 0.15) is 37.8 Å². The first-order chi connectivity index (χ1) is 18.2. The van der Waals surface area contributed by atoms with Crippen molar-refractivity contribution in [3.05, 3.63) is 67.1 Å². The van der Waals surface area contributed by atoms with Crippen LogP contribution in [0.5, 0.6) is 5.75 Å². The summed E-state index contributed by atoms with van der Waals surface area (Å²) in [5.74, 6) is 1.48. The SMILES string of the molecule is Cc1cn(-c2ccnc3[nH]c(-c4n[nH]c5ccc(-c6cncc(OC7CCCCC7)c6)cc45)nc23)cn1. The van der Waals surface area contributed by atoms with Crippen molar-refractivity contribution in [3.8, 4) is 34.1 Å². The number of hydrogen-bond acceptors (Lipinski definition) is 6. The molecule has 0 aliphatic heterocycles. The van der Waals surface area contributed by atoms with E-state index in [0.717, 1.165) is 63.2 Å². The summed E-state index contributed by atoms with van der Waals surface area (Å²) in [4.78, 5) is 21.5. The molecule has 0 atom stereocenters. The third-order valence-corrected chi connectivity index (χ3v) is 7.04. The van der Waals surface area contributed by atoms with Gasteiger partial charge in [-0.1, -0.05) is 12.5 Å². The van der Waals surface area contributed by atoms with Crippen LogP contribution in [0.2, 0.25) is 0 Å². The third-order valence-electron chi connectivity index (χ3n) is 7.04. The maximum absolute atomic E-state index is 6.26. The van der Waals surface area contributed by atoms with Crippen molar-refractivity contribution in [1.82, 2.24) is 39.7 Å². The van der Waals surface area contributed by atoms with E-state index in [2.05, 4.69) is 48.3 Å². The van der Waals surface area contributed by atoms with Crippen LogP contribution < -0.4 is 4.74 Å². The van der Waals surface area contributed by atoms with E-state index in [4.69, 9.17) is 9.72 Å². The largest absolute Gasteiger partial charge is 0.489 e. The normalized spacial score (nSPS) is 14.5. The molecule has 0 saturated heterocycles. The lowest BCUT2D eigenvalue weighted by molar-refractivity contribution is 0.154. The van der Waals surface area contributed by atoms with Crippen molar-refractivity contribution in [3.63, 3.8) is 0 Å². The molecule has 1 aliphatic carbocycles. The number of hydrogen-bond donors (Lipinski definition) is 2. The van der Waals surface area contributed by atoms with Gasteiger partial charge in [-0.25, -0.2) is 15.0 Å². The zero-order valence-corrected chi connectivity index (χ0v) is 20.5. The Hall–Kier alpha value is -4.53. The van der Waals surface area contributed by atoms with E-state index >= 15 is 0 Å². The minimum absolute atomic E-state index is 0.284. The molecule has 6 aromatic rings. The van der Waals surface area contributed by atoms with Crippen LogP contribution in [0.4, 0.5) is 0 Å². The molecule has 184 valence electrons. The van der Waals surface area contributed by atoms with E-state index < -0.39 is 0 Å². The van der Waals surface area contributed by atoms with Gasteiger partial charge in [-0.3, -0.25) is 10.1 Å². The van der Waals surface area contributed by atoms with E-state index in [1.54, 1.807) is 18.7 Å². The fraction of sp³-hybridized carbons (Fsp3) is 0.250. The molecule has 7 rings (SSSR count). The van der Waals surface area contributed by atoms with Crippen molar-refractivity contribution in [1.29, 1.82) is 0 Å². The van der Waals surface area contributed by atoms with Gasteiger partial charge in [-0.2, -0.15) is 5.10 Å². The van der Waals surface area contributed by atoms with Gasteiger partial charge in [0.1, 0.15) is 17.0 Å². The second-order valence-corrected chi connectivity index (χ2v) is 9.65. The Morgan fingerprint density at radius 2 is 1.92 bits per heavy atom. The maximum atomic E-state index is 6.26. The van der Waals surface area contributed by atoms with Gasteiger partial charge in [0, 0.05) is 29.5 Å². The Kier molecular flexibility index (Phi) is 5.20. The average molecular weight is 491 g/mol. The molecular weight excluding hydrogens is 464 g/mol. The Morgan fingerprint density at radius 3 is 2.78 bits per heavy atom. The molecule has 0 amide bonds. The number of ether oxygens (including phenoxy) is 1. The second kappa shape index (κ2) is 8.85. The van der Waals surface area contributed by atoms with Crippen molar-refractivity contribution in [2.45, 2.75) is 45.1 Å². The lowest BCUT2D eigenvalue weighted by atomic mass is 9.98. The summed E-state index contributed by atoms with van der Waals surface area (Å²) in [6.07, 6.45) is 15.5. The Labute approximate surface area is 213 Å². The molecule has 2 N–H and O–H groups in total. The van der Waals surface area contributed by atoms with Crippen LogP contribution >= 0.6 is 0 Å². The third kappa shape index (κ3) is 4.02. The summed E-state index contributed by atoms with van der Waals surface area (Å²) >= 11 is 0. The highest BCUT2D eigenvalue weighted by Crippen LogP contribution is 2.32. The number of fused-ring (bicyclic) bond motifs is 2. The van der Waals surface area contributed by atoms with E-state index in [1.807, 2.05) is 36.0 Å².